The fourth-order valence-corrected chi connectivity index (χ4v) is 4.63. The van der Waals surface area contributed by atoms with E-state index in [0.29, 0.717) is 18.1 Å². The highest BCUT2D eigenvalue weighted by Crippen LogP contribution is 2.37. The number of nitrogens with one attached hydrogen (secondary N) is 1. The van der Waals surface area contributed by atoms with Crippen molar-refractivity contribution in [2.75, 3.05) is 0 Å². The van der Waals surface area contributed by atoms with Crippen molar-refractivity contribution in [3.8, 4) is 5.69 Å². The van der Waals surface area contributed by atoms with E-state index in [1.165, 1.54) is 30.5 Å². The van der Waals surface area contributed by atoms with E-state index in [0.717, 1.165) is 55.4 Å². The van der Waals surface area contributed by atoms with Gasteiger partial charge in [-0.1, -0.05) is 11.6 Å². The van der Waals surface area contributed by atoms with Crippen LogP contribution < -0.4 is 5.32 Å². The number of fused-ring (bicyclic) bond motifs is 3. The van der Waals surface area contributed by atoms with Crippen LogP contribution in [0.4, 0.5) is 0 Å². The van der Waals surface area contributed by atoms with Gasteiger partial charge in [-0.05, 0) is 68.7 Å². The topological polar surface area (TPSA) is 52.0 Å². The lowest BCUT2D eigenvalue weighted by atomic mass is 9.86. The third kappa shape index (κ3) is 3.06. The number of rotatable bonds is 3. The molecule has 5 rings (SSSR count). The maximum atomic E-state index is 6.23. The van der Waals surface area contributed by atoms with Crippen LogP contribution in [0.3, 0.4) is 0 Å². The lowest BCUT2D eigenvalue weighted by molar-refractivity contribution is -0.0666. The third-order valence-electron chi connectivity index (χ3n) is 6.11. The average Bonchev–Trinajstić information content (AvgIpc) is 2.94. The molecule has 3 aliphatic rings. The summed E-state index contributed by atoms with van der Waals surface area (Å²) in [4.78, 5) is 0. The molecule has 0 saturated heterocycles. The average molecular weight is 373 g/mol. The largest absolute Gasteiger partial charge is 0.375 e. The molecule has 1 N–H and O–H groups in total. The molecule has 2 aliphatic carbocycles. The second-order valence-corrected chi connectivity index (χ2v) is 8.29. The minimum Gasteiger partial charge on any atom is -0.375 e. The Hall–Kier alpha value is -1.43. The maximum Gasteiger partial charge on any atom is 0.151 e. The Balaban J connectivity index is 1.39. The van der Waals surface area contributed by atoms with Gasteiger partial charge in [-0.2, -0.15) is 0 Å². The number of nitrogens with zero attached hydrogens (tertiary/aromatic N) is 3. The normalized spacial score (nSPS) is 25.9. The van der Waals surface area contributed by atoms with E-state index in [1.54, 1.807) is 0 Å². The van der Waals surface area contributed by atoms with E-state index in [1.807, 2.05) is 12.1 Å². The summed E-state index contributed by atoms with van der Waals surface area (Å²) in [6.45, 7) is 1.54. The van der Waals surface area contributed by atoms with Crippen LogP contribution in [-0.4, -0.2) is 27.0 Å². The Kier molecular flexibility index (Phi) is 4.47. The Bertz CT molecular complexity index is 793. The summed E-state index contributed by atoms with van der Waals surface area (Å²) < 4.78 is 8.49. The highest BCUT2D eigenvalue weighted by Gasteiger charge is 2.31. The van der Waals surface area contributed by atoms with Gasteiger partial charge in [0.1, 0.15) is 5.82 Å². The van der Waals surface area contributed by atoms with Crippen LogP contribution in [0.25, 0.3) is 5.69 Å². The van der Waals surface area contributed by atoms with Crippen molar-refractivity contribution in [2.45, 2.75) is 76.2 Å². The quantitative estimate of drug-likeness (QED) is 0.880. The Morgan fingerprint density at radius 3 is 2.58 bits per heavy atom. The first kappa shape index (κ1) is 16.7. The van der Waals surface area contributed by atoms with Crippen LogP contribution in [0.1, 0.15) is 68.1 Å². The standard InChI is InChI=1S/C20H25ClN4O/c21-15-6-9-18-14(10-15)11-22-12-19-23-24-20(25(18)19)13-4-7-17(8-5-13)26-16-2-1-3-16/h6,9-10,13,16-17,22H,1-5,7-8,11-12H2/t13-,17+. The molecule has 1 aromatic carbocycles. The molecular weight excluding hydrogens is 348 g/mol. The number of hydrogen-bond donors (Lipinski definition) is 1. The van der Waals surface area contributed by atoms with Crippen molar-refractivity contribution < 1.29 is 4.74 Å². The van der Waals surface area contributed by atoms with Crippen molar-refractivity contribution in [1.82, 2.24) is 20.1 Å². The maximum absolute atomic E-state index is 6.23. The molecule has 0 unspecified atom stereocenters. The molecule has 0 radical (unpaired) electrons. The summed E-state index contributed by atoms with van der Waals surface area (Å²) in [7, 11) is 0. The molecule has 0 bridgehead atoms. The molecule has 1 aromatic heterocycles. The van der Waals surface area contributed by atoms with Crippen LogP contribution in [0.15, 0.2) is 18.2 Å². The van der Waals surface area contributed by atoms with Gasteiger partial charge in [-0.25, -0.2) is 0 Å². The fourth-order valence-electron chi connectivity index (χ4n) is 4.43. The molecule has 26 heavy (non-hydrogen) atoms. The molecule has 2 heterocycles. The Morgan fingerprint density at radius 1 is 1.00 bits per heavy atom. The fraction of sp³-hybridized carbons (Fsp3) is 0.600. The number of aromatic nitrogens is 3. The van der Waals surface area contributed by atoms with Gasteiger partial charge < -0.3 is 10.1 Å². The van der Waals surface area contributed by atoms with Crippen molar-refractivity contribution in [1.29, 1.82) is 0 Å². The number of hydrogen-bond acceptors (Lipinski definition) is 4. The Morgan fingerprint density at radius 2 is 1.81 bits per heavy atom. The molecule has 6 heteroatoms. The number of ether oxygens (including phenoxy) is 1. The van der Waals surface area contributed by atoms with Crippen molar-refractivity contribution in [2.24, 2.45) is 0 Å². The zero-order chi connectivity index (χ0) is 17.5. The van der Waals surface area contributed by atoms with Gasteiger partial charge in [-0.15, -0.1) is 10.2 Å². The monoisotopic (exact) mass is 372 g/mol. The molecule has 0 spiro atoms. The van der Waals surface area contributed by atoms with E-state index in [2.05, 4.69) is 26.1 Å². The molecule has 0 atom stereocenters. The molecule has 138 valence electrons. The summed E-state index contributed by atoms with van der Waals surface area (Å²) in [5.74, 6) is 2.56. The molecule has 2 aromatic rings. The van der Waals surface area contributed by atoms with E-state index >= 15 is 0 Å². The van der Waals surface area contributed by atoms with Gasteiger partial charge in [0.25, 0.3) is 0 Å². The van der Waals surface area contributed by atoms with Crippen LogP contribution in [-0.2, 0) is 17.8 Å². The lowest BCUT2D eigenvalue weighted by Gasteiger charge is -2.34. The minimum atomic E-state index is 0.441. The zero-order valence-corrected chi connectivity index (χ0v) is 15.7. The molecule has 2 fully saturated rings. The molecule has 0 amide bonds. The molecule has 2 saturated carbocycles. The van der Waals surface area contributed by atoms with Crippen LogP contribution in [0.5, 0.6) is 0 Å². The van der Waals surface area contributed by atoms with Gasteiger partial charge in [0, 0.05) is 17.5 Å². The molecular formula is C20H25ClN4O. The first-order chi connectivity index (χ1) is 12.8. The second-order valence-electron chi connectivity index (χ2n) is 7.85. The zero-order valence-electron chi connectivity index (χ0n) is 15.0. The molecule has 1 aliphatic heterocycles. The lowest BCUT2D eigenvalue weighted by Crippen LogP contribution is -2.30. The molecule has 5 nitrogen and oxygen atoms in total. The predicted octanol–water partition coefficient (Wildman–Crippen LogP) is 4.12. The summed E-state index contributed by atoms with van der Waals surface area (Å²) >= 11 is 6.21. The predicted molar refractivity (Wildman–Crippen MR) is 101 cm³/mol. The van der Waals surface area contributed by atoms with E-state index in [-0.39, 0.29) is 0 Å². The SMILES string of the molecule is Clc1ccc2c(c1)CNCc1nnc([C@H]3CC[C@@H](OC4CCC4)CC3)n1-2. The van der Waals surface area contributed by atoms with Crippen LogP contribution in [0.2, 0.25) is 5.02 Å². The van der Waals surface area contributed by atoms with Gasteiger partial charge in [0.2, 0.25) is 0 Å². The van der Waals surface area contributed by atoms with E-state index in [4.69, 9.17) is 16.3 Å². The first-order valence-electron chi connectivity index (χ1n) is 9.87. The third-order valence-corrected chi connectivity index (χ3v) is 6.35. The summed E-state index contributed by atoms with van der Waals surface area (Å²) in [6.07, 6.45) is 9.35. The highest BCUT2D eigenvalue weighted by atomic mass is 35.5. The van der Waals surface area contributed by atoms with Crippen molar-refractivity contribution in [3.05, 3.63) is 40.4 Å². The summed E-state index contributed by atoms with van der Waals surface area (Å²) in [6, 6.07) is 6.11. The van der Waals surface area contributed by atoms with Gasteiger partial charge in [0.05, 0.1) is 24.4 Å². The van der Waals surface area contributed by atoms with Crippen LogP contribution >= 0.6 is 11.6 Å². The van der Waals surface area contributed by atoms with E-state index in [9.17, 15) is 0 Å². The smallest absolute Gasteiger partial charge is 0.151 e. The highest BCUT2D eigenvalue weighted by molar-refractivity contribution is 6.30. The first-order valence-corrected chi connectivity index (χ1v) is 10.2. The van der Waals surface area contributed by atoms with Gasteiger partial charge in [-0.3, -0.25) is 4.57 Å². The van der Waals surface area contributed by atoms with Crippen LogP contribution in [0, 0.1) is 0 Å². The van der Waals surface area contributed by atoms with Crippen molar-refractivity contribution >= 4 is 11.6 Å². The summed E-state index contributed by atoms with van der Waals surface area (Å²) in [5.41, 5.74) is 2.38. The van der Waals surface area contributed by atoms with Crippen molar-refractivity contribution in [3.63, 3.8) is 0 Å². The van der Waals surface area contributed by atoms with E-state index < -0.39 is 0 Å². The summed E-state index contributed by atoms with van der Waals surface area (Å²) in [5, 5.41) is 13.3. The van der Waals surface area contributed by atoms with Gasteiger partial charge >= 0.3 is 0 Å². The number of benzene rings is 1. The van der Waals surface area contributed by atoms with Gasteiger partial charge in [0.15, 0.2) is 5.82 Å². The minimum absolute atomic E-state index is 0.441. The second kappa shape index (κ2) is 6.95. The Labute approximate surface area is 159 Å². The number of halogens is 1.